The highest BCUT2D eigenvalue weighted by atomic mass is 79.9. The smallest absolute Gasteiger partial charge is 0.224 e. The lowest BCUT2D eigenvalue weighted by Crippen LogP contribution is -2.33. The molecule has 1 fully saturated rings. The molecule has 1 aliphatic carbocycles. The zero-order valence-electron chi connectivity index (χ0n) is 7.95. The van der Waals surface area contributed by atoms with Crippen molar-refractivity contribution in [3.63, 3.8) is 0 Å². The fourth-order valence-electron chi connectivity index (χ4n) is 1.58. The van der Waals surface area contributed by atoms with Gasteiger partial charge in [-0.25, -0.2) is 4.98 Å². The van der Waals surface area contributed by atoms with Crippen molar-refractivity contribution in [3.05, 3.63) is 16.0 Å². The van der Waals surface area contributed by atoms with E-state index in [-0.39, 0.29) is 11.4 Å². The number of nitrogens with zero attached hydrogens (tertiary/aromatic N) is 2. The fraction of sp³-hybridized carbons (Fsp3) is 0.556. The van der Waals surface area contributed by atoms with Crippen molar-refractivity contribution >= 4 is 33.3 Å². The molecule has 0 radical (unpaired) electrons. The van der Waals surface area contributed by atoms with Crippen LogP contribution >= 0.6 is 27.5 Å². The maximum Gasteiger partial charge on any atom is 0.224 e. The Bertz CT molecular complexity index is 357. The van der Waals surface area contributed by atoms with Crippen LogP contribution in [0.1, 0.15) is 12.8 Å². The molecule has 0 aliphatic heterocycles. The standard InChI is InChI=1S/C9H11BrClN3O/c10-7-4-13-9(11)14-8(7)12-3-5-1-6(15)2-5/h4-6,15H,1-3H2,(H,12,13,14). The third kappa shape index (κ3) is 2.80. The van der Waals surface area contributed by atoms with Crippen molar-refractivity contribution in [1.82, 2.24) is 9.97 Å². The molecule has 1 saturated carbocycles. The Morgan fingerprint density at radius 2 is 2.33 bits per heavy atom. The normalized spacial score (nSPS) is 24.7. The number of hydrogen-bond acceptors (Lipinski definition) is 4. The minimum Gasteiger partial charge on any atom is -0.393 e. The summed E-state index contributed by atoms with van der Waals surface area (Å²) in [7, 11) is 0. The molecule has 6 heteroatoms. The molecule has 2 N–H and O–H groups in total. The van der Waals surface area contributed by atoms with Crippen molar-refractivity contribution in [1.29, 1.82) is 0 Å². The van der Waals surface area contributed by atoms with Gasteiger partial charge in [0.1, 0.15) is 5.82 Å². The number of nitrogens with one attached hydrogen (secondary N) is 1. The summed E-state index contributed by atoms with van der Waals surface area (Å²) < 4.78 is 0.798. The van der Waals surface area contributed by atoms with Crippen LogP contribution in [-0.4, -0.2) is 27.7 Å². The monoisotopic (exact) mass is 291 g/mol. The number of halogens is 2. The first-order chi connectivity index (χ1) is 7.15. The number of hydrogen-bond donors (Lipinski definition) is 2. The molecule has 15 heavy (non-hydrogen) atoms. The highest BCUT2D eigenvalue weighted by Crippen LogP contribution is 2.28. The average Bonchev–Trinajstić information content (AvgIpc) is 2.16. The van der Waals surface area contributed by atoms with Crippen LogP contribution in [0.3, 0.4) is 0 Å². The molecule has 82 valence electrons. The summed E-state index contributed by atoms with van der Waals surface area (Å²) in [5, 5.41) is 12.5. The fourth-order valence-corrected chi connectivity index (χ4v) is 2.04. The van der Waals surface area contributed by atoms with E-state index in [1.54, 1.807) is 6.20 Å². The van der Waals surface area contributed by atoms with Crippen LogP contribution in [0, 0.1) is 5.92 Å². The molecular formula is C9H11BrClN3O. The first kappa shape index (κ1) is 11.1. The summed E-state index contributed by atoms with van der Waals surface area (Å²) in [6.45, 7) is 0.809. The van der Waals surface area contributed by atoms with Gasteiger partial charge >= 0.3 is 0 Å². The predicted molar refractivity (Wildman–Crippen MR) is 62.0 cm³/mol. The van der Waals surface area contributed by atoms with E-state index >= 15 is 0 Å². The molecule has 0 spiro atoms. The summed E-state index contributed by atoms with van der Waals surface area (Å²) in [4.78, 5) is 7.90. The van der Waals surface area contributed by atoms with Gasteiger partial charge in [-0.05, 0) is 46.3 Å². The molecule has 2 rings (SSSR count). The van der Waals surface area contributed by atoms with Gasteiger partial charge in [-0.2, -0.15) is 4.98 Å². The highest BCUT2D eigenvalue weighted by Gasteiger charge is 2.26. The van der Waals surface area contributed by atoms with Crippen LogP contribution in [0.15, 0.2) is 10.7 Å². The first-order valence-corrected chi connectivity index (χ1v) is 5.92. The molecule has 1 heterocycles. The molecule has 4 nitrogen and oxygen atoms in total. The topological polar surface area (TPSA) is 58.0 Å². The Labute approximate surface area is 101 Å². The summed E-state index contributed by atoms with van der Waals surface area (Å²) in [6, 6.07) is 0. The number of aromatic nitrogens is 2. The van der Waals surface area contributed by atoms with Gasteiger partial charge in [-0.3, -0.25) is 0 Å². The van der Waals surface area contributed by atoms with E-state index in [0.29, 0.717) is 11.7 Å². The van der Waals surface area contributed by atoms with Crippen LogP contribution in [-0.2, 0) is 0 Å². The average molecular weight is 293 g/mol. The van der Waals surface area contributed by atoms with Crippen molar-refractivity contribution in [2.24, 2.45) is 5.92 Å². The summed E-state index contributed by atoms with van der Waals surface area (Å²) in [5.74, 6) is 1.23. The molecule has 0 saturated heterocycles. The number of anilines is 1. The van der Waals surface area contributed by atoms with Crippen molar-refractivity contribution in [2.45, 2.75) is 18.9 Å². The maximum absolute atomic E-state index is 9.13. The Balaban J connectivity index is 1.90. The molecular weight excluding hydrogens is 281 g/mol. The second-order valence-corrected chi connectivity index (χ2v) is 4.90. The Hall–Kier alpha value is -0.390. The van der Waals surface area contributed by atoms with E-state index in [9.17, 15) is 0 Å². The van der Waals surface area contributed by atoms with Crippen LogP contribution < -0.4 is 5.32 Å². The molecule has 1 aromatic heterocycles. The van der Waals surface area contributed by atoms with E-state index in [4.69, 9.17) is 16.7 Å². The maximum atomic E-state index is 9.13. The SMILES string of the molecule is OC1CC(CNc2nc(Cl)ncc2Br)C1. The highest BCUT2D eigenvalue weighted by molar-refractivity contribution is 9.10. The van der Waals surface area contributed by atoms with E-state index in [0.717, 1.165) is 23.9 Å². The molecule has 0 amide bonds. The van der Waals surface area contributed by atoms with Gasteiger partial charge in [0, 0.05) is 12.7 Å². The second-order valence-electron chi connectivity index (χ2n) is 3.71. The zero-order chi connectivity index (χ0) is 10.8. The Morgan fingerprint density at radius 3 is 3.00 bits per heavy atom. The van der Waals surface area contributed by atoms with Crippen molar-refractivity contribution < 1.29 is 5.11 Å². The minimum absolute atomic E-state index is 0.116. The molecule has 0 unspecified atom stereocenters. The second kappa shape index (κ2) is 4.63. The number of aliphatic hydroxyl groups is 1. The third-order valence-electron chi connectivity index (χ3n) is 2.48. The van der Waals surface area contributed by atoms with Crippen molar-refractivity contribution in [2.75, 3.05) is 11.9 Å². The Morgan fingerprint density at radius 1 is 1.60 bits per heavy atom. The van der Waals surface area contributed by atoms with Gasteiger partial charge in [0.15, 0.2) is 0 Å². The molecule has 0 bridgehead atoms. The molecule has 1 aromatic rings. The van der Waals surface area contributed by atoms with E-state index in [2.05, 4.69) is 31.2 Å². The number of rotatable bonds is 3. The quantitative estimate of drug-likeness (QED) is 0.838. The first-order valence-electron chi connectivity index (χ1n) is 4.75. The lowest BCUT2D eigenvalue weighted by atomic mass is 9.82. The summed E-state index contributed by atoms with van der Waals surface area (Å²) >= 11 is 9.02. The lowest BCUT2D eigenvalue weighted by Gasteiger charge is -2.31. The van der Waals surface area contributed by atoms with E-state index < -0.39 is 0 Å². The van der Waals surface area contributed by atoms with Gasteiger partial charge in [0.2, 0.25) is 5.28 Å². The van der Waals surface area contributed by atoms with E-state index in [1.807, 2.05) is 0 Å². The predicted octanol–water partition coefficient (Wildman–Crippen LogP) is 2.08. The minimum atomic E-state index is -0.116. The largest absolute Gasteiger partial charge is 0.393 e. The van der Waals surface area contributed by atoms with Crippen LogP contribution in [0.5, 0.6) is 0 Å². The third-order valence-corrected chi connectivity index (χ3v) is 3.25. The van der Waals surface area contributed by atoms with Gasteiger partial charge in [0.25, 0.3) is 0 Å². The molecule has 0 aromatic carbocycles. The van der Waals surface area contributed by atoms with E-state index in [1.165, 1.54) is 0 Å². The van der Waals surface area contributed by atoms with Gasteiger partial charge in [0.05, 0.1) is 10.6 Å². The summed E-state index contributed by atoms with van der Waals surface area (Å²) in [6.07, 6.45) is 3.23. The number of aliphatic hydroxyl groups excluding tert-OH is 1. The Kier molecular flexibility index (Phi) is 3.43. The van der Waals surface area contributed by atoms with Crippen molar-refractivity contribution in [3.8, 4) is 0 Å². The van der Waals surface area contributed by atoms with Crippen LogP contribution in [0.4, 0.5) is 5.82 Å². The molecule has 1 aliphatic rings. The van der Waals surface area contributed by atoms with Gasteiger partial charge in [-0.15, -0.1) is 0 Å². The van der Waals surface area contributed by atoms with Crippen LogP contribution in [0.25, 0.3) is 0 Å². The zero-order valence-corrected chi connectivity index (χ0v) is 10.3. The lowest BCUT2D eigenvalue weighted by molar-refractivity contribution is 0.0486. The molecule has 0 atom stereocenters. The van der Waals surface area contributed by atoms with Crippen LogP contribution in [0.2, 0.25) is 5.28 Å². The van der Waals surface area contributed by atoms with Gasteiger partial charge < -0.3 is 10.4 Å². The van der Waals surface area contributed by atoms with Gasteiger partial charge in [-0.1, -0.05) is 0 Å². The summed E-state index contributed by atoms with van der Waals surface area (Å²) in [5.41, 5.74) is 0.